The second-order valence-electron chi connectivity index (χ2n) is 6.43. The Kier molecular flexibility index (Phi) is 5.01. The molecule has 26 heavy (non-hydrogen) atoms. The molecule has 9 heteroatoms. The van der Waals surface area contributed by atoms with Crippen LogP contribution in [-0.4, -0.2) is 37.2 Å². The Bertz CT molecular complexity index is 936. The average Bonchev–Trinajstić information content (AvgIpc) is 2.86. The number of hydrogen-bond donors (Lipinski definition) is 2. The number of carbonyl (C=O) groups excluding carboxylic acids is 1. The number of nitrogens with zero attached hydrogens (tertiary/aromatic N) is 3. The van der Waals surface area contributed by atoms with Gasteiger partial charge in [-0.05, 0) is 38.3 Å². The zero-order chi connectivity index (χ0) is 18.9. The largest absolute Gasteiger partial charge is 0.362 e. The molecule has 0 aliphatic carbocycles. The van der Waals surface area contributed by atoms with Crippen LogP contribution >= 0.6 is 0 Å². The molecule has 1 aromatic heterocycles. The number of hydrazine groups is 1. The lowest BCUT2D eigenvalue weighted by atomic mass is 10.0. The molecular weight excluding hydrogens is 354 g/mol. The lowest BCUT2D eigenvalue weighted by molar-refractivity contribution is -0.120. The van der Waals surface area contributed by atoms with Gasteiger partial charge in [-0.15, -0.1) is 4.83 Å². The topological polar surface area (TPSA) is 96.3 Å². The van der Waals surface area contributed by atoms with Crippen LogP contribution in [0.2, 0.25) is 0 Å². The molecular formula is C17H23N5O3S. The first-order valence-corrected chi connectivity index (χ1v) is 9.91. The van der Waals surface area contributed by atoms with Crippen molar-refractivity contribution in [2.24, 2.45) is 7.05 Å². The summed E-state index contributed by atoms with van der Waals surface area (Å²) in [6, 6.07) is 7.95. The van der Waals surface area contributed by atoms with Crippen LogP contribution < -0.4 is 15.2 Å². The van der Waals surface area contributed by atoms with E-state index in [0.717, 1.165) is 25.1 Å². The quantitative estimate of drug-likeness (QED) is 0.752. The van der Waals surface area contributed by atoms with E-state index >= 15 is 0 Å². The van der Waals surface area contributed by atoms with Crippen molar-refractivity contribution < 1.29 is 13.2 Å². The van der Waals surface area contributed by atoms with E-state index in [1.165, 1.54) is 10.2 Å². The van der Waals surface area contributed by atoms with Crippen LogP contribution in [0.3, 0.4) is 0 Å². The predicted molar refractivity (Wildman–Crippen MR) is 98.1 cm³/mol. The third kappa shape index (κ3) is 3.58. The van der Waals surface area contributed by atoms with Gasteiger partial charge in [0.1, 0.15) is 4.90 Å². The summed E-state index contributed by atoms with van der Waals surface area (Å²) in [6.45, 7) is 4.14. The summed E-state index contributed by atoms with van der Waals surface area (Å²) in [5.74, 6) is -0.413. The van der Waals surface area contributed by atoms with E-state index in [0.29, 0.717) is 11.4 Å². The molecule has 1 aromatic carbocycles. The van der Waals surface area contributed by atoms with Gasteiger partial charge in [0.25, 0.3) is 15.9 Å². The molecule has 2 aromatic rings. The van der Waals surface area contributed by atoms with E-state index in [-0.39, 0.29) is 11.4 Å². The monoisotopic (exact) mass is 377 g/mol. The molecule has 0 fully saturated rings. The second-order valence-corrected chi connectivity index (χ2v) is 8.05. The molecule has 2 N–H and O–H groups in total. The Labute approximate surface area is 153 Å². The summed E-state index contributed by atoms with van der Waals surface area (Å²) >= 11 is 0. The highest BCUT2D eigenvalue weighted by Gasteiger charge is 2.25. The number of aromatic nitrogens is 2. The third-order valence-corrected chi connectivity index (χ3v) is 6.08. The number of benzene rings is 1. The Morgan fingerprint density at radius 2 is 2.00 bits per heavy atom. The van der Waals surface area contributed by atoms with Gasteiger partial charge in [-0.2, -0.15) is 5.10 Å². The second kappa shape index (κ2) is 7.08. The third-order valence-electron chi connectivity index (χ3n) is 4.58. The van der Waals surface area contributed by atoms with Gasteiger partial charge in [0, 0.05) is 19.3 Å². The fraction of sp³-hybridized carbons (Fsp3) is 0.412. The maximum absolute atomic E-state index is 12.5. The molecule has 0 atom stereocenters. The SMILES string of the molecule is Cc1nn(C)c(C)c1S(=O)(=O)NNC(=O)CN1CCCc2ccccc21. The van der Waals surface area contributed by atoms with Crippen LogP contribution in [0.4, 0.5) is 5.69 Å². The predicted octanol–water partition coefficient (Wildman–Crippen LogP) is 0.799. The van der Waals surface area contributed by atoms with E-state index in [9.17, 15) is 13.2 Å². The van der Waals surface area contributed by atoms with Crippen molar-refractivity contribution in [3.63, 3.8) is 0 Å². The molecule has 3 rings (SSSR count). The molecule has 0 saturated heterocycles. The number of carbonyl (C=O) groups is 1. The van der Waals surface area contributed by atoms with Crippen LogP contribution in [0.5, 0.6) is 0 Å². The molecule has 2 heterocycles. The lowest BCUT2D eigenvalue weighted by Gasteiger charge is -2.30. The van der Waals surface area contributed by atoms with Gasteiger partial charge < -0.3 is 4.90 Å². The van der Waals surface area contributed by atoms with Gasteiger partial charge in [-0.3, -0.25) is 14.9 Å². The van der Waals surface area contributed by atoms with Crippen LogP contribution in [0.1, 0.15) is 23.4 Å². The Morgan fingerprint density at radius 1 is 1.27 bits per heavy atom. The summed E-state index contributed by atoms with van der Waals surface area (Å²) in [4.78, 5) is 16.5. The first kappa shape index (κ1) is 18.4. The minimum Gasteiger partial charge on any atom is -0.362 e. The van der Waals surface area contributed by atoms with Gasteiger partial charge in [-0.25, -0.2) is 8.42 Å². The smallest absolute Gasteiger partial charge is 0.261 e. The summed E-state index contributed by atoms with van der Waals surface area (Å²) in [6.07, 6.45) is 1.95. The highest BCUT2D eigenvalue weighted by Crippen LogP contribution is 2.26. The zero-order valence-corrected chi connectivity index (χ0v) is 15.9. The summed E-state index contributed by atoms with van der Waals surface area (Å²) in [5, 5.41) is 4.10. The van der Waals surface area contributed by atoms with Crippen molar-refractivity contribution >= 4 is 21.6 Å². The lowest BCUT2D eigenvalue weighted by Crippen LogP contribution is -2.47. The fourth-order valence-electron chi connectivity index (χ4n) is 3.31. The van der Waals surface area contributed by atoms with Crippen LogP contribution in [0, 0.1) is 13.8 Å². The Balaban J connectivity index is 1.66. The molecule has 0 bridgehead atoms. The number of rotatable bonds is 5. The van der Waals surface area contributed by atoms with Gasteiger partial charge in [-0.1, -0.05) is 18.2 Å². The number of aryl methyl sites for hydroxylation is 3. The van der Waals surface area contributed by atoms with Gasteiger partial charge in [0.15, 0.2) is 0 Å². The van der Waals surface area contributed by atoms with Crippen molar-refractivity contribution in [2.45, 2.75) is 31.6 Å². The molecule has 1 aliphatic heterocycles. The van der Waals surface area contributed by atoms with Gasteiger partial charge >= 0.3 is 0 Å². The summed E-state index contributed by atoms with van der Waals surface area (Å²) in [7, 11) is -2.21. The first-order chi connectivity index (χ1) is 12.3. The normalized spacial score (nSPS) is 14.2. The Hall–Kier alpha value is -2.39. The molecule has 0 radical (unpaired) electrons. The molecule has 140 valence electrons. The average molecular weight is 377 g/mol. The van der Waals surface area contributed by atoms with E-state index in [1.807, 2.05) is 23.1 Å². The molecule has 0 unspecified atom stereocenters. The van der Waals surface area contributed by atoms with E-state index in [4.69, 9.17) is 0 Å². The number of hydrogen-bond acceptors (Lipinski definition) is 5. The van der Waals surface area contributed by atoms with Crippen molar-refractivity contribution in [3.8, 4) is 0 Å². The highest BCUT2D eigenvalue weighted by atomic mass is 32.2. The number of amides is 1. The van der Waals surface area contributed by atoms with Crippen molar-refractivity contribution in [1.82, 2.24) is 20.0 Å². The van der Waals surface area contributed by atoms with E-state index in [1.54, 1.807) is 20.9 Å². The number of para-hydroxylation sites is 1. The van der Waals surface area contributed by atoms with Crippen LogP contribution in [0.25, 0.3) is 0 Å². The van der Waals surface area contributed by atoms with Crippen molar-refractivity contribution in [3.05, 3.63) is 41.2 Å². The fourth-order valence-corrected chi connectivity index (χ4v) is 4.61. The number of fused-ring (bicyclic) bond motifs is 1. The number of anilines is 1. The maximum Gasteiger partial charge on any atom is 0.261 e. The number of nitrogens with one attached hydrogen (secondary N) is 2. The van der Waals surface area contributed by atoms with Gasteiger partial charge in [0.05, 0.1) is 17.9 Å². The molecule has 8 nitrogen and oxygen atoms in total. The van der Waals surface area contributed by atoms with Crippen LogP contribution in [0.15, 0.2) is 29.2 Å². The van der Waals surface area contributed by atoms with E-state index in [2.05, 4.69) is 21.4 Å². The van der Waals surface area contributed by atoms with Crippen LogP contribution in [-0.2, 0) is 28.3 Å². The summed E-state index contributed by atoms with van der Waals surface area (Å²) < 4.78 is 26.5. The minimum absolute atomic E-state index is 0.0867. The van der Waals surface area contributed by atoms with Crippen molar-refractivity contribution in [2.75, 3.05) is 18.0 Å². The first-order valence-electron chi connectivity index (χ1n) is 8.43. The highest BCUT2D eigenvalue weighted by molar-refractivity contribution is 7.89. The standard InChI is InChI=1S/C17H23N5O3S/c1-12-17(13(2)21(3)19-12)26(24,25)20-18-16(23)11-22-10-6-8-14-7-4-5-9-15(14)22/h4-5,7,9,20H,6,8,10-11H2,1-3H3,(H,18,23). The molecule has 0 saturated carbocycles. The molecule has 1 aliphatic rings. The molecule has 0 spiro atoms. The Morgan fingerprint density at radius 3 is 2.69 bits per heavy atom. The van der Waals surface area contributed by atoms with Gasteiger partial charge in [0.2, 0.25) is 0 Å². The summed E-state index contributed by atoms with van der Waals surface area (Å²) in [5.41, 5.74) is 5.43. The van der Waals surface area contributed by atoms with Crippen molar-refractivity contribution in [1.29, 1.82) is 0 Å². The van der Waals surface area contributed by atoms with E-state index < -0.39 is 15.9 Å². The zero-order valence-electron chi connectivity index (χ0n) is 15.1. The molecule has 1 amide bonds. The minimum atomic E-state index is -3.88. The number of sulfonamides is 1. The maximum atomic E-state index is 12.5.